The van der Waals surface area contributed by atoms with Crippen LogP contribution in [0, 0.1) is 0 Å². The molecule has 2 rings (SSSR count). The van der Waals surface area contributed by atoms with Crippen LogP contribution in [0.25, 0.3) is 0 Å². The van der Waals surface area contributed by atoms with Crippen molar-refractivity contribution in [2.75, 3.05) is 5.32 Å². The molecule has 0 bridgehead atoms. The summed E-state index contributed by atoms with van der Waals surface area (Å²) >= 11 is 11.6. The van der Waals surface area contributed by atoms with Crippen molar-refractivity contribution < 1.29 is 4.79 Å². The molecule has 0 spiro atoms. The van der Waals surface area contributed by atoms with Gasteiger partial charge in [-0.1, -0.05) is 23.2 Å². The Labute approximate surface area is 107 Å². The van der Waals surface area contributed by atoms with E-state index in [0.717, 1.165) is 0 Å². The van der Waals surface area contributed by atoms with Crippen molar-refractivity contribution in [1.29, 1.82) is 0 Å². The van der Waals surface area contributed by atoms with Crippen molar-refractivity contribution in [3.8, 4) is 0 Å². The molecule has 0 atom stereocenters. The van der Waals surface area contributed by atoms with E-state index < -0.39 is 0 Å². The molecule has 0 saturated carbocycles. The molecule has 1 amide bonds. The first-order valence-electron chi connectivity index (χ1n) is 4.68. The minimum Gasteiger partial charge on any atom is -0.347 e. The van der Waals surface area contributed by atoms with Gasteiger partial charge in [0.1, 0.15) is 17.7 Å². The Bertz CT molecular complexity index is 547. The van der Waals surface area contributed by atoms with Crippen LogP contribution in [-0.4, -0.2) is 20.4 Å². The number of halogens is 2. The Kier molecular flexibility index (Phi) is 3.31. The zero-order chi connectivity index (χ0) is 12.4. The summed E-state index contributed by atoms with van der Waals surface area (Å²) in [6, 6.07) is 3.45. The molecule has 0 radical (unpaired) electrons. The van der Waals surface area contributed by atoms with Crippen molar-refractivity contribution in [2.45, 2.75) is 0 Å². The van der Waals surface area contributed by atoms with Gasteiger partial charge in [0.05, 0.1) is 0 Å². The molecular formula is C10H8Cl2N4O. The van der Waals surface area contributed by atoms with Crippen LogP contribution in [0.3, 0.4) is 0 Å². The van der Waals surface area contributed by atoms with Gasteiger partial charge in [-0.25, -0.2) is 9.97 Å². The summed E-state index contributed by atoms with van der Waals surface area (Å²) < 4.78 is 1.68. The average Bonchev–Trinajstić information content (AvgIpc) is 2.70. The summed E-state index contributed by atoms with van der Waals surface area (Å²) in [5.74, 6) is -0.323. The Morgan fingerprint density at radius 1 is 1.35 bits per heavy atom. The number of aromatic nitrogens is 3. The zero-order valence-corrected chi connectivity index (χ0v) is 10.3. The van der Waals surface area contributed by atoms with Gasteiger partial charge in [0.2, 0.25) is 0 Å². The number of rotatable bonds is 2. The summed E-state index contributed by atoms with van der Waals surface area (Å²) in [6.07, 6.45) is 2.99. The number of aryl methyl sites for hydroxylation is 1. The van der Waals surface area contributed by atoms with E-state index in [-0.39, 0.29) is 21.9 Å². The number of hydrogen-bond donors (Lipinski definition) is 1. The van der Waals surface area contributed by atoms with Gasteiger partial charge in [0.25, 0.3) is 5.91 Å². The normalized spacial score (nSPS) is 10.3. The fraction of sp³-hybridized carbons (Fsp3) is 0.100. The maximum atomic E-state index is 11.9. The van der Waals surface area contributed by atoms with Crippen LogP contribution >= 0.6 is 23.2 Å². The topological polar surface area (TPSA) is 59.8 Å². The third-order valence-electron chi connectivity index (χ3n) is 2.17. The predicted molar refractivity (Wildman–Crippen MR) is 65.4 cm³/mol. The first kappa shape index (κ1) is 11.9. The molecule has 1 N–H and O–H groups in total. The lowest BCUT2D eigenvalue weighted by Crippen LogP contribution is -2.16. The number of nitrogens with one attached hydrogen (secondary N) is 1. The van der Waals surface area contributed by atoms with E-state index >= 15 is 0 Å². The quantitative estimate of drug-likeness (QED) is 0.853. The third-order valence-corrected chi connectivity index (χ3v) is 2.74. The molecule has 2 aromatic rings. The van der Waals surface area contributed by atoms with E-state index in [2.05, 4.69) is 15.3 Å². The van der Waals surface area contributed by atoms with Crippen LogP contribution < -0.4 is 5.32 Å². The Morgan fingerprint density at radius 2 is 2.00 bits per heavy atom. The van der Waals surface area contributed by atoms with Gasteiger partial charge in [-0.05, 0) is 12.1 Å². The smallest absolute Gasteiger partial charge is 0.272 e. The molecule has 17 heavy (non-hydrogen) atoms. The molecule has 2 heterocycles. The number of anilines is 1. The van der Waals surface area contributed by atoms with Gasteiger partial charge in [0, 0.05) is 13.2 Å². The fourth-order valence-electron chi connectivity index (χ4n) is 1.32. The van der Waals surface area contributed by atoms with Crippen molar-refractivity contribution >= 4 is 34.8 Å². The van der Waals surface area contributed by atoms with E-state index in [1.807, 2.05) is 0 Å². The summed E-state index contributed by atoms with van der Waals surface area (Å²) in [5.41, 5.74) is 0.697. The van der Waals surface area contributed by atoms with E-state index in [0.29, 0.717) is 5.69 Å². The fourth-order valence-corrected chi connectivity index (χ4v) is 1.73. The van der Waals surface area contributed by atoms with Gasteiger partial charge in [-0.2, -0.15) is 0 Å². The van der Waals surface area contributed by atoms with E-state index in [1.54, 1.807) is 29.9 Å². The van der Waals surface area contributed by atoms with Crippen molar-refractivity contribution in [1.82, 2.24) is 14.5 Å². The van der Waals surface area contributed by atoms with Crippen LogP contribution in [0.1, 0.15) is 10.5 Å². The molecule has 0 saturated heterocycles. The van der Waals surface area contributed by atoms with Crippen LogP contribution in [0.4, 0.5) is 5.69 Å². The largest absolute Gasteiger partial charge is 0.347 e. The summed E-state index contributed by atoms with van der Waals surface area (Å²) in [7, 11) is 1.76. The molecule has 0 aliphatic rings. The molecule has 88 valence electrons. The maximum absolute atomic E-state index is 11.9. The summed E-state index contributed by atoms with van der Waals surface area (Å²) in [6.45, 7) is 0. The summed E-state index contributed by atoms with van der Waals surface area (Å²) in [5, 5.41) is 2.78. The van der Waals surface area contributed by atoms with Gasteiger partial charge >= 0.3 is 0 Å². The van der Waals surface area contributed by atoms with E-state index in [9.17, 15) is 4.79 Å². The monoisotopic (exact) mass is 270 g/mol. The second-order valence-electron chi connectivity index (χ2n) is 3.29. The van der Waals surface area contributed by atoms with Crippen LogP contribution in [-0.2, 0) is 7.05 Å². The lowest BCUT2D eigenvalue weighted by atomic mass is 10.4. The lowest BCUT2D eigenvalue weighted by molar-refractivity contribution is 0.101. The second kappa shape index (κ2) is 4.73. The van der Waals surface area contributed by atoms with Crippen molar-refractivity contribution in [2.24, 2.45) is 7.05 Å². The Balaban J connectivity index is 2.28. The highest BCUT2D eigenvalue weighted by Gasteiger charge is 2.14. The highest BCUT2D eigenvalue weighted by molar-refractivity contribution is 6.38. The van der Waals surface area contributed by atoms with Crippen molar-refractivity contribution in [3.05, 3.63) is 40.7 Å². The van der Waals surface area contributed by atoms with Gasteiger partial charge in [0.15, 0.2) is 10.3 Å². The van der Waals surface area contributed by atoms with Crippen LogP contribution in [0.2, 0.25) is 10.3 Å². The highest BCUT2D eigenvalue weighted by Crippen LogP contribution is 2.26. The average molecular weight is 271 g/mol. The molecule has 0 unspecified atom stereocenters. The highest BCUT2D eigenvalue weighted by atomic mass is 35.5. The number of hydrogen-bond acceptors (Lipinski definition) is 3. The predicted octanol–water partition coefficient (Wildman–Crippen LogP) is 2.37. The van der Waals surface area contributed by atoms with Crippen LogP contribution in [0.5, 0.6) is 0 Å². The third kappa shape index (κ3) is 2.40. The Hall–Kier alpha value is -1.59. The van der Waals surface area contributed by atoms with E-state index in [4.69, 9.17) is 23.2 Å². The first-order valence-corrected chi connectivity index (χ1v) is 5.44. The SMILES string of the molecule is Cn1cccc1C(=O)Nc1c(Cl)ncnc1Cl. The standard InChI is InChI=1S/C10H8Cl2N4O/c1-16-4-2-3-6(16)10(17)15-7-8(11)13-5-14-9(7)12/h2-5H,1H3,(H,15,17). The van der Waals surface area contributed by atoms with Gasteiger partial charge in [-0.15, -0.1) is 0 Å². The number of nitrogens with zero attached hydrogens (tertiary/aromatic N) is 3. The molecule has 0 aliphatic carbocycles. The molecule has 0 fully saturated rings. The maximum Gasteiger partial charge on any atom is 0.272 e. The molecule has 0 aliphatic heterocycles. The molecule has 0 aromatic carbocycles. The Morgan fingerprint density at radius 3 is 2.53 bits per heavy atom. The molecule has 7 heteroatoms. The van der Waals surface area contributed by atoms with Crippen LogP contribution in [0.15, 0.2) is 24.7 Å². The number of carbonyl (C=O) groups excluding carboxylic acids is 1. The minimum absolute atomic E-state index is 0.104. The zero-order valence-electron chi connectivity index (χ0n) is 8.82. The summed E-state index contributed by atoms with van der Waals surface area (Å²) in [4.78, 5) is 19.4. The number of amides is 1. The second-order valence-corrected chi connectivity index (χ2v) is 4.00. The van der Waals surface area contributed by atoms with E-state index in [1.165, 1.54) is 6.33 Å². The van der Waals surface area contributed by atoms with Gasteiger partial charge < -0.3 is 9.88 Å². The number of carbonyl (C=O) groups is 1. The molecular weight excluding hydrogens is 263 g/mol. The molecule has 5 nitrogen and oxygen atoms in total. The van der Waals surface area contributed by atoms with Crippen molar-refractivity contribution in [3.63, 3.8) is 0 Å². The lowest BCUT2D eigenvalue weighted by Gasteiger charge is -2.07. The van der Waals surface area contributed by atoms with Gasteiger partial charge in [-0.3, -0.25) is 4.79 Å². The molecule has 2 aromatic heterocycles. The first-order chi connectivity index (χ1) is 8.09. The minimum atomic E-state index is -0.323.